The monoisotopic (exact) mass is 315 g/mol. The number of para-hydroxylation sites is 1. The van der Waals surface area contributed by atoms with Crippen LogP contribution in [0.1, 0.15) is 17.4 Å². The first-order valence-corrected chi connectivity index (χ1v) is 7.87. The number of amides is 2. The summed E-state index contributed by atoms with van der Waals surface area (Å²) in [5, 5.41) is 1.06. The summed E-state index contributed by atoms with van der Waals surface area (Å²) < 4.78 is 6.93. The molecule has 1 aromatic heterocycles. The molecule has 2 heterocycles. The van der Waals surface area contributed by atoms with E-state index in [1.165, 1.54) is 0 Å². The fourth-order valence-electron chi connectivity index (χ4n) is 2.96. The second-order valence-corrected chi connectivity index (χ2v) is 5.63. The first kappa shape index (κ1) is 15.4. The van der Waals surface area contributed by atoms with Crippen molar-refractivity contribution in [3.05, 3.63) is 36.0 Å². The number of nitrogens with zero attached hydrogens (tertiary/aromatic N) is 3. The molecule has 0 spiro atoms. The van der Waals surface area contributed by atoms with Gasteiger partial charge in [0.1, 0.15) is 5.69 Å². The van der Waals surface area contributed by atoms with Crippen LogP contribution >= 0.6 is 0 Å². The average Bonchev–Trinajstić information content (AvgIpc) is 2.92. The first-order valence-electron chi connectivity index (χ1n) is 7.87. The number of aryl methyl sites for hydroxylation is 1. The SMILES string of the molecule is CCOC(=O)N1CCN(C(=O)c2cc3ccccc3n2C)CC1. The van der Waals surface area contributed by atoms with E-state index in [0.717, 1.165) is 10.9 Å². The molecule has 0 N–H and O–H groups in total. The molecule has 0 atom stereocenters. The topological polar surface area (TPSA) is 54.8 Å². The summed E-state index contributed by atoms with van der Waals surface area (Å²) in [7, 11) is 1.91. The lowest BCUT2D eigenvalue weighted by Crippen LogP contribution is -2.51. The minimum Gasteiger partial charge on any atom is -0.450 e. The minimum absolute atomic E-state index is 0.00667. The Morgan fingerprint density at radius 1 is 1.09 bits per heavy atom. The Labute approximate surface area is 135 Å². The van der Waals surface area contributed by atoms with E-state index in [9.17, 15) is 9.59 Å². The lowest BCUT2D eigenvalue weighted by Gasteiger charge is -2.34. The highest BCUT2D eigenvalue weighted by Gasteiger charge is 2.27. The van der Waals surface area contributed by atoms with E-state index in [-0.39, 0.29) is 12.0 Å². The van der Waals surface area contributed by atoms with Crippen LogP contribution in [0, 0.1) is 0 Å². The van der Waals surface area contributed by atoms with E-state index >= 15 is 0 Å². The first-order chi connectivity index (χ1) is 11.1. The third-order valence-electron chi connectivity index (χ3n) is 4.26. The fraction of sp³-hybridized carbons (Fsp3) is 0.412. The lowest BCUT2D eigenvalue weighted by atomic mass is 10.2. The van der Waals surface area contributed by atoms with Gasteiger partial charge in [-0.1, -0.05) is 18.2 Å². The zero-order valence-electron chi connectivity index (χ0n) is 13.5. The van der Waals surface area contributed by atoms with Crippen molar-refractivity contribution < 1.29 is 14.3 Å². The van der Waals surface area contributed by atoms with Crippen LogP contribution in [0.5, 0.6) is 0 Å². The Balaban J connectivity index is 1.72. The molecule has 0 radical (unpaired) electrons. The smallest absolute Gasteiger partial charge is 0.409 e. The number of ether oxygens (including phenoxy) is 1. The van der Waals surface area contributed by atoms with Gasteiger partial charge in [0, 0.05) is 44.1 Å². The highest BCUT2D eigenvalue weighted by Crippen LogP contribution is 2.20. The van der Waals surface area contributed by atoms with Gasteiger partial charge in [-0.15, -0.1) is 0 Å². The van der Waals surface area contributed by atoms with Gasteiger partial charge in [0.15, 0.2) is 0 Å². The molecule has 0 unspecified atom stereocenters. The van der Waals surface area contributed by atoms with Crippen molar-refractivity contribution in [1.29, 1.82) is 0 Å². The van der Waals surface area contributed by atoms with E-state index < -0.39 is 0 Å². The molecule has 2 aromatic rings. The Morgan fingerprint density at radius 3 is 2.39 bits per heavy atom. The Morgan fingerprint density at radius 2 is 1.74 bits per heavy atom. The number of carbonyl (C=O) groups is 2. The largest absolute Gasteiger partial charge is 0.450 e. The molecule has 0 bridgehead atoms. The third-order valence-corrected chi connectivity index (χ3v) is 4.26. The number of piperazine rings is 1. The van der Waals surface area contributed by atoms with Crippen molar-refractivity contribution in [2.45, 2.75) is 6.92 Å². The summed E-state index contributed by atoms with van der Waals surface area (Å²) in [5.41, 5.74) is 1.72. The summed E-state index contributed by atoms with van der Waals surface area (Å²) in [6.07, 6.45) is -0.302. The van der Waals surface area contributed by atoms with Crippen LogP contribution in [0.2, 0.25) is 0 Å². The minimum atomic E-state index is -0.302. The summed E-state index contributed by atoms with van der Waals surface area (Å²) in [6, 6.07) is 9.87. The second-order valence-electron chi connectivity index (χ2n) is 5.63. The predicted molar refractivity (Wildman–Crippen MR) is 87.4 cm³/mol. The van der Waals surface area contributed by atoms with E-state index in [2.05, 4.69) is 0 Å². The number of hydrogen-bond acceptors (Lipinski definition) is 3. The number of rotatable bonds is 2. The number of aromatic nitrogens is 1. The van der Waals surface area contributed by atoms with Crippen molar-refractivity contribution in [2.24, 2.45) is 7.05 Å². The van der Waals surface area contributed by atoms with Crippen molar-refractivity contribution in [3.63, 3.8) is 0 Å². The molecule has 122 valence electrons. The quantitative estimate of drug-likeness (QED) is 0.853. The van der Waals surface area contributed by atoms with Gasteiger partial charge in [0.2, 0.25) is 0 Å². The van der Waals surface area contributed by atoms with Gasteiger partial charge in [0.25, 0.3) is 5.91 Å². The summed E-state index contributed by atoms with van der Waals surface area (Å²) in [6.45, 7) is 4.23. The van der Waals surface area contributed by atoms with Gasteiger partial charge in [-0.3, -0.25) is 4.79 Å². The predicted octanol–water partition coefficient (Wildman–Crippen LogP) is 2.09. The average molecular weight is 315 g/mol. The number of fused-ring (bicyclic) bond motifs is 1. The van der Waals surface area contributed by atoms with Crippen LogP contribution in [0.25, 0.3) is 10.9 Å². The fourth-order valence-corrected chi connectivity index (χ4v) is 2.96. The molecule has 1 fully saturated rings. The molecular formula is C17H21N3O3. The molecule has 0 saturated carbocycles. The molecule has 1 saturated heterocycles. The molecule has 2 amide bonds. The molecule has 23 heavy (non-hydrogen) atoms. The maximum absolute atomic E-state index is 12.8. The molecule has 1 aliphatic rings. The molecular weight excluding hydrogens is 294 g/mol. The summed E-state index contributed by atoms with van der Waals surface area (Å²) in [5.74, 6) is 0.00667. The van der Waals surface area contributed by atoms with Crippen LogP contribution in [-0.4, -0.2) is 59.2 Å². The maximum atomic E-state index is 12.8. The van der Waals surface area contributed by atoms with Crippen LogP contribution in [0.15, 0.2) is 30.3 Å². The van der Waals surface area contributed by atoms with E-state index in [1.807, 2.05) is 41.9 Å². The Bertz CT molecular complexity index is 730. The molecule has 6 nitrogen and oxygen atoms in total. The van der Waals surface area contributed by atoms with E-state index in [4.69, 9.17) is 4.74 Å². The highest BCUT2D eigenvalue weighted by molar-refractivity contribution is 5.98. The Hall–Kier alpha value is -2.50. The molecule has 1 aliphatic heterocycles. The Kier molecular flexibility index (Phi) is 4.23. The third kappa shape index (κ3) is 2.88. The highest BCUT2D eigenvalue weighted by atomic mass is 16.6. The normalized spacial score (nSPS) is 15.0. The standard InChI is InChI=1S/C17H21N3O3/c1-3-23-17(22)20-10-8-19(9-11-20)16(21)15-12-13-6-4-5-7-14(13)18(15)2/h4-7,12H,3,8-11H2,1-2H3. The molecule has 6 heteroatoms. The maximum Gasteiger partial charge on any atom is 0.409 e. The van der Waals surface area contributed by atoms with Gasteiger partial charge in [0.05, 0.1) is 6.61 Å². The van der Waals surface area contributed by atoms with Crippen LogP contribution < -0.4 is 0 Å². The summed E-state index contributed by atoms with van der Waals surface area (Å²) in [4.78, 5) is 27.9. The van der Waals surface area contributed by atoms with Crippen molar-refractivity contribution in [1.82, 2.24) is 14.4 Å². The van der Waals surface area contributed by atoms with Crippen molar-refractivity contribution in [3.8, 4) is 0 Å². The number of benzene rings is 1. The zero-order chi connectivity index (χ0) is 16.4. The molecule has 0 aliphatic carbocycles. The molecule has 1 aromatic carbocycles. The zero-order valence-corrected chi connectivity index (χ0v) is 13.5. The van der Waals surface area contributed by atoms with E-state index in [0.29, 0.717) is 38.5 Å². The van der Waals surface area contributed by atoms with Gasteiger partial charge < -0.3 is 19.1 Å². The van der Waals surface area contributed by atoms with Crippen molar-refractivity contribution in [2.75, 3.05) is 32.8 Å². The number of carbonyl (C=O) groups excluding carboxylic acids is 2. The lowest BCUT2D eigenvalue weighted by molar-refractivity contribution is 0.0563. The second kappa shape index (κ2) is 6.32. The van der Waals surface area contributed by atoms with Crippen LogP contribution in [0.4, 0.5) is 4.79 Å². The molecule has 3 rings (SSSR count). The van der Waals surface area contributed by atoms with Gasteiger partial charge in [-0.05, 0) is 19.1 Å². The van der Waals surface area contributed by atoms with E-state index in [1.54, 1.807) is 16.7 Å². The van der Waals surface area contributed by atoms with Crippen LogP contribution in [0.3, 0.4) is 0 Å². The number of hydrogen-bond donors (Lipinski definition) is 0. The van der Waals surface area contributed by atoms with Crippen molar-refractivity contribution >= 4 is 22.9 Å². The van der Waals surface area contributed by atoms with Gasteiger partial charge in [-0.2, -0.15) is 0 Å². The summed E-state index contributed by atoms with van der Waals surface area (Å²) >= 11 is 0. The van der Waals surface area contributed by atoms with Gasteiger partial charge in [-0.25, -0.2) is 4.79 Å². The van der Waals surface area contributed by atoms with Crippen LogP contribution in [-0.2, 0) is 11.8 Å². The van der Waals surface area contributed by atoms with Gasteiger partial charge >= 0.3 is 6.09 Å².